The average Bonchev–Trinajstić information content (AvgIpc) is 2.49. The first-order valence-electron chi connectivity index (χ1n) is 6.62. The standard InChI is InChI=1S/C14H16N4O3/c1-2-6-17-14(19)11(9-15)8-13(16-17)10-4-3-5-12(7-10)18(20)21/h3-5,7-8H,2,6,9,15H2,1H3. The third-order valence-electron chi connectivity index (χ3n) is 3.06. The van der Waals surface area contributed by atoms with Gasteiger partial charge in [-0.1, -0.05) is 19.1 Å². The molecule has 0 atom stereocenters. The average molecular weight is 288 g/mol. The molecule has 0 fully saturated rings. The maximum Gasteiger partial charge on any atom is 0.271 e. The van der Waals surface area contributed by atoms with E-state index in [-0.39, 0.29) is 17.8 Å². The summed E-state index contributed by atoms with van der Waals surface area (Å²) in [6.45, 7) is 2.53. The van der Waals surface area contributed by atoms with Gasteiger partial charge in [0.25, 0.3) is 11.2 Å². The van der Waals surface area contributed by atoms with E-state index in [9.17, 15) is 14.9 Å². The summed E-state index contributed by atoms with van der Waals surface area (Å²) < 4.78 is 1.36. The van der Waals surface area contributed by atoms with Crippen molar-refractivity contribution in [3.8, 4) is 11.3 Å². The van der Waals surface area contributed by atoms with Crippen LogP contribution in [0.25, 0.3) is 11.3 Å². The minimum atomic E-state index is -0.463. The highest BCUT2D eigenvalue weighted by molar-refractivity contribution is 5.62. The van der Waals surface area contributed by atoms with E-state index in [2.05, 4.69) is 5.10 Å². The quantitative estimate of drug-likeness (QED) is 0.666. The maximum absolute atomic E-state index is 12.1. The van der Waals surface area contributed by atoms with Crippen LogP contribution in [0.2, 0.25) is 0 Å². The lowest BCUT2D eigenvalue weighted by Crippen LogP contribution is -2.28. The number of benzene rings is 1. The molecule has 0 radical (unpaired) electrons. The Labute approximate surface area is 121 Å². The third kappa shape index (κ3) is 3.14. The number of hydrogen-bond acceptors (Lipinski definition) is 5. The molecular weight excluding hydrogens is 272 g/mol. The Kier molecular flexibility index (Phi) is 4.44. The summed E-state index contributed by atoms with van der Waals surface area (Å²) in [6.07, 6.45) is 0.759. The second-order valence-electron chi connectivity index (χ2n) is 4.59. The minimum absolute atomic E-state index is 0.0168. The van der Waals surface area contributed by atoms with E-state index in [0.717, 1.165) is 6.42 Å². The van der Waals surface area contributed by atoms with Gasteiger partial charge in [0.1, 0.15) is 0 Å². The largest absolute Gasteiger partial charge is 0.326 e. The molecule has 7 nitrogen and oxygen atoms in total. The van der Waals surface area contributed by atoms with E-state index in [1.54, 1.807) is 18.2 Å². The van der Waals surface area contributed by atoms with Crippen LogP contribution in [0.5, 0.6) is 0 Å². The molecule has 110 valence electrons. The normalized spacial score (nSPS) is 10.6. The van der Waals surface area contributed by atoms with Gasteiger partial charge in [-0.15, -0.1) is 0 Å². The molecule has 0 aliphatic heterocycles. The Morgan fingerprint density at radius 3 is 2.76 bits per heavy atom. The topological polar surface area (TPSA) is 104 Å². The Balaban J connectivity index is 2.58. The number of rotatable bonds is 5. The van der Waals surface area contributed by atoms with Gasteiger partial charge in [0.05, 0.1) is 10.6 Å². The summed E-state index contributed by atoms with van der Waals surface area (Å²) in [5.74, 6) is 0. The fourth-order valence-corrected chi connectivity index (χ4v) is 2.03. The molecule has 0 bridgehead atoms. The van der Waals surface area contributed by atoms with Crippen LogP contribution in [0.15, 0.2) is 35.1 Å². The molecule has 0 aliphatic carbocycles. The Hall–Kier alpha value is -2.54. The number of aryl methyl sites for hydroxylation is 1. The van der Waals surface area contributed by atoms with Crippen LogP contribution in [0.3, 0.4) is 0 Å². The first-order valence-corrected chi connectivity index (χ1v) is 6.62. The molecule has 1 aromatic heterocycles. The van der Waals surface area contributed by atoms with Crippen molar-refractivity contribution in [2.75, 3.05) is 0 Å². The zero-order chi connectivity index (χ0) is 15.4. The highest BCUT2D eigenvalue weighted by atomic mass is 16.6. The van der Waals surface area contributed by atoms with Crippen molar-refractivity contribution in [3.63, 3.8) is 0 Å². The summed E-state index contributed by atoms with van der Waals surface area (Å²) >= 11 is 0. The molecule has 0 saturated heterocycles. The lowest BCUT2D eigenvalue weighted by molar-refractivity contribution is -0.384. The number of nitro groups is 1. The molecular formula is C14H16N4O3. The van der Waals surface area contributed by atoms with Crippen molar-refractivity contribution in [1.82, 2.24) is 9.78 Å². The van der Waals surface area contributed by atoms with E-state index in [0.29, 0.717) is 23.4 Å². The molecule has 1 aromatic carbocycles. The highest BCUT2D eigenvalue weighted by Gasteiger charge is 2.12. The second-order valence-corrected chi connectivity index (χ2v) is 4.59. The van der Waals surface area contributed by atoms with Gasteiger partial charge in [-0.25, -0.2) is 4.68 Å². The van der Waals surface area contributed by atoms with Crippen molar-refractivity contribution in [2.24, 2.45) is 5.73 Å². The highest BCUT2D eigenvalue weighted by Crippen LogP contribution is 2.22. The number of nitro benzene ring substituents is 1. The van der Waals surface area contributed by atoms with E-state index in [1.165, 1.54) is 16.8 Å². The molecule has 2 rings (SSSR count). The second kappa shape index (κ2) is 6.27. The molecule has 2 aromatic rings. The number of nitrogens with two attached hydrogens (primary N) is 1. The monoisotopic (exact) mass is 288 g/mol. The van der Waals surface area contributed by atoms with Crippen molar-refractivity contribution in [2.45, 2.75) is 26.4 Å². The van der Waals surface area contributed by atoms with Crippen LogP contribution in [-0.4, -0.2) is 14.7 Å². The summed E-state index contributed by atoms with van der Waals surface area (Å²) in [5, 5.41) is 15.1. The van der Waals surface area contributed by atoms with Crippen LogP contribution in [-0.2, 0) is 13.1 Å². The van der Waals surface area contributed by atoms with Gasteiger partial charge in [0, 0.05) is 36.3 Å². The fraction of sp³-hybridized carbons (Fsp3) is 0.286. The van der Waals surface area contributed by atoms with Crippen molar-refractivity contribution in [3.05, 3.63) is 56.4 Å². The van der Waals surface area contributed by atoms with Crippen LogP contribution >= 0.6 is 0 Å². The first kappa shape index (κ1) is 14.9. The van der Waals surface area contributed by atoms with Crippen LogP contribution < -0.4 is 11.3 Å². The smallest absolute Gasteiger partial charge is 0.271 e. The predicted octanol–water partition coefficient (Wildman–Crippen LogP) is 1.69. The Morgan fingerprint density at radius 1 is 1.38 bits per heavy atom. The summed E-state index contributed by atoms with van der Waals surface area (Å²) in [7, 11) is 0. The molecule has 21 heavy (non-hydrogen) atoms. The summed E-state index contributed by atoms with van der Waals surface area (Å²) in [4.78, 5) is 22.4. The van der Waals surface area contributed by atoms with Crippen LogP contribution in [0.4, 0.5) is 5.69 Å². The van der Waals surface area contributed by atoms with E-state index < -0.39 is 4.92 Å². The molecule has 7 heteroatoms. The number of aromatic nitrogens is 2. The van der Waals surface area contributed by atoms with Crippen molar-refractivity contribution < 1.29 is 4.92 Å². The zero-order valence-corrected chi connectivity index (χ0v) is 11.7. The summed E-state index contributed by atoms with van der Waals surface area (Å²) in [6, 6.07) is 7.75. The lowest BCUT2D eigenvalue weighted by atomic mass is 10.1. The maximum atomic E-state index is 12.1. The van der Waals surface area contributed by atoms with Crippen LogP contribution in [0, 0.1) is 10.1 Å². The Morgan fingerprint density at radius 2 is 2.14 bits per heavy atom. The molecule has 0 spiro atoms. The molecule has 0 amide bonds. The zero-order valence-electron chi connectivity index (χ0n) is 11.7. The number of hydrogen-bond donors (Lipinski definition) is 1. The Bertz CT molecular complexity index is 724. The molecule has 2 N–H and O–H groups in total. The van der Waals surface area contributed by atoms with Crippen LogP contribution in [0.1, 0.15) is 18.9 Å². The number of nitrogens with zero attached hydrogens (tertiary/aromatic N) is 3. The number of non-ortho nitro benzene ring substituents is 1. The first-order chi connectivity index (χ1) is 10.1. The fourth-order valence-electron chi connectivity index (χ4n) is 2.03. The van der Waals surface area contributed by atoms with Crippen molar-refractivity contribution >= 4 is 5.69 Å². The van der Waals surface area contributed by atoms with E-state index >= 15 is 0 Å². The summed E-state index contributed by atoms with van der Waals surface area (Å²) in [5.41, 5.74) is 6.90. The third-order valence-corrected chi connectivity index (χ3v) is 3.06. The van der Waals surface area contributed by atoms with Crippen molar-refractivity contribution in [1.29, 1.82) is 0 Å². The van der Waals surface area contributed by atoms with Gasteiger partial charge in [-0.05, 0) is 12.5 Å². The van der Waals surface area contributed by atoms with Gasteiger partial charge in [0.15, 0.2) is 0 Å². The minimum Gasteiger partial charge on any atom is -0.326 e. The predicted molar refractivity (Wildman–Crippen MR) is 78.8 cm³/mol. The van der Waals surface area contributed by atoms with E-state index in [1.807, 2.05) is 6.92 Å². The molecule has 0 saturated carbocycles. The van der Waals surface area contributed by atoms with Gasteiger partial charge in [0.2, 0.25) is 0 Å². The van der Waals surface area contributed by atoms with Gasteiger partial charge >= 0.3 is 0 Å². The molecule has 1 heterocycles. The van der Waals surface area contributed by atoms with Gasteiger partial charge in [-0.2, -0.15) is 5.10 Å². The lowest BCUT2D eigenvalue weighted by Gasteiger charge is -2.09. The van der Waals surface area contributed by atoms with Gasteiger partial charge < -0.3 is 5.73 Å². The molecule has 0 aliphatic rings. The molecule has 0 unspecified atom stereocenters. The SMILES string of the molecule is CCCn1nc(-c2cccc([N+](=O)[O-])c2)cc(CN)c1=O. The van der Waals surface area contributed by atoms with E-state index in [4.69, 9.17) is 5.73 Å². The van der Waals surface area contributed by atoms with Gasteiger partial charge in [-0.3, -0.25) is 14.9 Å².